The van der Waals surface area contributed by atoms with Crippen LogP contribution in [0.15, 0.2) is 8.95 Å². The summed E-state index contributed by atoms with van der Waals surface area (Å²) in [5, 5.41) is 0. The van der Waals surface area contributed by atoms with Crippen LogP contribution in [0.1, 0.15) is 9.75 Å². The van der Waals surface area contributed by atoms with Crippen LogP contribution < -0.4 is 0 Å². The molecule has 0 saturated heterocycles. The van der Waals surface area contributed by atoms with Gasteiger partial charge in [-0.3, -0.25) is 0 Å². The van der Waals surface area contributed by atoms with Gasteiger partial charge in [0.05, 0.1) is 5.88 Å². The first-order valence-corrected chi connectivity index (χ1v) is 5.59. The van der Waals surface area contributed by atoms with E-state index in [0.717, 1.165) is 8.95 Å². The van der Waals surface area contributed by atoms with E-state index < -0.39 is 0 Å². The van der Waals surface area contributed by atoms with Crippen LogP contribution in [0.5, 0.6) is 0 Å². The molecule has 0 aromatic carbocycles. The third-order valence-electron chi connectivity index (χ3n) is 1.14. The molecule has 0 nitrogen and oxygen atoms in total. The van der Waals surface area contributed by atoms with Gasteiger partial charge in [0.2, 0.25) is 0 Å². The fraction of sp³-hybridized carbons (Fsp3) is 0.333. The van der Waals surface area contributed by atoms with Crippen molar-refractivity contribution in [3.63, 3.8) is 0 Å². The summed E-state index contributed by atoms with van der Waals surface area (Å²) in [6.45, 7) is 2.07. The van der Waals surface area contributed by atoms with Crippen LogP contribution in [-0.2, 0) is 5.88 Å². The summed E-state index contributed by atoms with van der Waals surface area (Å²) in [6.07, 6.45) is 0. The molecule has 56 valence electrons. The van der Waals surface area contributed by atoms with Gasteiger partial charge in [0, 0.05) is 18.7 Å². The van der Waals surface area contributed by atoms with E-state index in [9.17, 15) is 0 Å². The molecule has 1 heterocycles. The zero-order valence-corrected chi connectivity index (χ0v) is 9.99. The van der Waals surface area contributed by atoms with Gasteiger partial charge in [-0.2, -0.15) is 0 Å². The van der Waals surface area contributed by atoms with Crippen molar-refractivity contribution < 1.29 is 0 Å². The second-order valence-corrected chi connectivity index (χ2v) is 5.01. The van der Waals surface area contributed by atoms with Crippen LogP contribution in [0.2, 0.25) is 0 Å². The molecule has 1 rings (SSSR count). The second kappa shape index (κ2) is 3.57. The van der Waals surface area contributed by atoms with Crippen molar-refractivity contribution >= 4 is 54.8 Å². The molecule has 10 heavy (non-hydrogen) atoms. The Morgan fingerprint density at radius 1 is 1.40 bits per heavy atom. The fourth-order valence-corrected chi connectivity index (χ4v) is 3.33. The van der Waals surface area contributed by atoms with E-state index in [0.29, 0.717) is 5.88 Å². The summed E-state index contributed by atoms with van der Waals surface area (Å²) in [6, 6.07) is 0. The number of thiophene rings is 1. The largest absolute Gasteiger partial charge is 0.142 e. The third-order valence-corrected chi connectivity index (χ3v) is 5.60. The maximum absolute atomic E-state index is 5.68. The van der Waals surface area contributed by atoms with Crippen LogP contribution in [0.3, 0.4) is 0 Å². The Balaban J connectivity index is 3.17. The maximum atomic E-state index is 5.68. The molecule has 0 N–H and O–H groups in total. The zero-order chi connectivity index (χ0) is 7.72. The molecule has 0 aliphatic carbocycles. The Bertz CT molecular complexity index is 244. The van der Waals surface area contributed by atoms with E-state index in [-0.39, 0.29) is 0 Å². The van der Waals surface area contributed by atoms with Gasteiger partial charge in [0.25, 0.3) is 0 Å². The summed E-state index contributed by atoms with van der Waals surface area (Å²) in [5.74, 6) is 0.581. The van der Waals surface area contributed by atoms with Gasteiger partial charge in [-0.25, -0.2) is 0 Å². The number of halogens is 3. The highest BCUT2D eigenvalue weighted by molar-refractivity contribution is 9.13. The van der Waals surface area contributed by atoms with Gasteiger partial charge in [0.15, 0.2) is 0 Å². The first kappa shape index (κ1) is 9.04. The van der Waals surface area contributed by atoms with Gasteiger partial charge >= 0.3 is 0 Å². The standard InChI is InChI=1S/C6H5Br2ClS/c1-3-5(7)6(8)4(2-9)10-3/h2H2,1H3. The average molecular weight is 304 g/mol. The first-order chi connectivity index (χ1) is 4.66. The monoisotopic (exact) mass is 302 g/mol. The number of hydrogen-bond acceptors (Lipinski definition) is 1. The second-order valence-electron chi connectivity index (χ2n) is 1.84. The lowest BCUT2D eigenvalue weighted by molar-refractivity contribution is 1.47. The van der Waals surface area contributed by atoms with Gasteiger partial charge in [-0.15, -0.1) is 22.9 Å². The summed E-state index contributed by atoms with van der Waals surface area (Å²) in [4.78, 5) is 2.45. The molecule has 4 heteroatoms. The van der Waals surface area contributed by atoms with E-state index in [1.165, 1.54) is 9.75 Å². The Morgan fingerprint density at radius 3 is 2.20 bits per heavy atom. The predicted molar refractivity (Wildman–Crippen MR) is 54.0 cm³/mol. The van der Waals surface area contributed by atoms with Crippen molar-refractivity contribution in [1.82, 2.24) is 0 Å². The summed E-state index contributed by atoms with van der Waals surface area (Å²) < 4.78 is 2.23. The topological polar surface area (TPSA) is 0 Å². The van der Waals surface area contributed by atoms with Crippen LogP contribution in [0.25, 0.3) is 0 Å². The molecular weight excluding hydrogens is 299 g/mol. The highest BCUT2D eigenvalue weighted by Gasteiger charge is 2.09. The van der Waals surface area contributed by atoms with Crippen LogP contribution in [0, 0.1) is 6.92 Å². The predicted octanol–water partition coefficient (Wildman–Crippen LogP) is 4.32. The van der Waals surface area contributed by atoms with Crippen LogP contribution in [0.4, 0.5) is 0 Å². The van der Waals surface area contributed by atoms with Crippen LogP contribution >= 0.6 is 54.8 Å². The SMILES string of the molecule is Cc1sc(CCl)c(Br)c1Br. The minimum absolute atomic E-state index is 0.581. The van der Waals surface area contributed by atoms with E-state index >= 15 is 0 Å². The summed E-state index contributed by atoms with van der Waals surface area (Å²) in [5.41, 5.74) is 0. The average Bonchev–Trinajstić information content (AvgIpc) is 2.17. The van der Waals surface area contributed by atoms with Crippen molar-refractivity contribution in [1.29, 1.82) is 0 Å². The molecule has 0 fully saturated rings. The first-order valence-electron chi connectivity index (χ1n) is 2.66. The van der Waals surface area contributed by atoms with Gasteiger partial charge in [-0.05, 0) is 38.8 Å². The highest BCUT2D eigenvalue weighted by Crippen LogP contribution is 2.37. The molecular formula is C6H5Br2ClS. The zero-order valence-electron chi connectivity index (χ0n) is 5.25. The van der Waals surface area contributed by atoms with Crippen molar-refractivity contribution in [2.24, 2.45) is 0 Å². The number of rotatable bonds is 1. The lowest BCUT2D eigenvalue weighted by Gasteiger charge is -1.87. The molecule has 0 spiro atoms. The smallest absolute Gasteiger partial charge is 0.0580 e. The molecule has 1 aromatic heterocycles. The van der Waals surface area contributed by atoms with Gasteiger partial charge < -0.3 is 0 Å². The number of aryl methyl sites for hydroxylation is 1. The van der Waals surface area contributed by atoms with Crippen molar-refractivity contribution in [2.45, 2.75) is 12.8 Å². The van der Waals surface area contributed by atoms with Crippen LogP contribution in [-0.4, -0.2) is 0 Å². The molecule has 0 aliphatic rings. The minimum Gasteiger partial charge on any atom is -0.142 e. The molecule has 0 bridgehead atoms. The molecule has 0 aliphatic heterocycles. The molecule has 0 amide bonds. The number of alkyl halides is 1. The lowest BCUT2D eigenvalue weighted by Crippen LogP contribution is -1.67. The Kier molecular flexibility index (Phi) is 3.22. The van der Waals surface area contributed by atoms with E-state index in [1.54, 1.807) is 11.3 Å². The van der Waals surface area contributed by atoms with Crippen molar-refractivity contribution in [3.8, 4) is 0 Å². The molecule has 0 radical (unpaired) electrons. The summed E-state index contributed by atoms with van der Waals surface area (Å²) >= 11 is 14.3. The summed E-state index contributed by atoms with van der Waals surface area (Å²) in [7, 11) is 0. The van der Waals surface area contributed by atoms with E-state index in [1.807, 2.05) is 0 Å². The normalized spacial score (nSPS) is 10.4. The molecule has 0 atom stereocenters. The third kappa shape index (κ3) is 1.58. The Labute approximate surface area is 85.8 Å². The Hall–Kier alpha value is 0.950. The highest BCUT2D eigenvalue weighted by atomic mass is 79.9. The maximum Gasteiger partial charge on any atom is 0.0580 e. The van der Waals surface area contributed by atoms with E-state index in [2.05, 4.69) is 38.8 Å². The molecule has 0 saturated carbocycles. The van der Waals surface area contributed by atoms with Crippen molar-refractivity contribution in [3.05, 3.63) is 18.7 Å². The molecule has 1 aromatic rings. The fourth-order valence-electron chi connectivity index (χ4n) is 0.637. The quantitative estimate of drug-likeness (QED) is 0.678. The Morgan fingerprint density at radius 2 is 2.00 bits per heavy atom. The van der Waals surface area contributed by atoms with Gasteiger partial charge in [-0.1, -0.05) is 0 Å². The minimum atomic E-state index is 0.581. The van der Waals surface area contributed by atoms with Crippen molar-refractivity contribution in [2.75, 3.05) is 0 Å². The molecule has 0 unspecified atom stereocenters. The lowest BCUT2D eigenvalue weighted by atomic mass is 10.5. The van der Waals surface area contributed by atoms with Gasteiger partial charge in [0.1, 0.15) is 0 Å². The number of hydrogen-bond donors (Lipinski definition) is 0. The van der Waals surface area contributed by atoms with E-state index in [4.69, 9.17) is 11.6 Å².